The molecule has 0 bridgehead atoms. The molecule has 0 radical (unpaired) electrons. The zero-order valence-corrected chi connectivity index (χ0v) is 13.8. The first-order valence-corrected chi connectivity index (χ1v) is 8.01. The number of ether oxygens (including phenoxy) is 1. The molecule has 0 saturated carbocycles. The largest absolute Gasteiger partial charge is 0.484 e. The summed E-state index contributed by atoms with van der Waals surface area (Å²) in [4.78, 5) is 26.1. The number of aryl methyl sites for hydroxylation is 1. The minimum atomic E-state index is -0.791. The predicted octanol–water partition coefficient (Wildman–Crippen LogP) is 0.579. The summed E-state index contributed by atoms with van der Waals surface area (Å²) in [5, 5.41) is 20.8. The van der Waals surface area contributed by atoms with Gasteiger partial charge in [-0.15, -0.1) is 10.2 Å². The van der Waals surface area contributed by atoms with Crippen LogP contribution in [0, 0.1) is 5.92 Å². The van der Waals surface area contributed by atoms with E-state index in [1.54, 1.807) is 36.2 Å². The van der Waals surface area contributed by atoms with Gasteiger partial charge in [0.2, 0.25) is 5.82 Å². The average Bonchev–Trinajstić information content (AvgIpc) is 3.06. The lowest BCUT2D eigenvalue weighted by Gasteiger charge is -2.30. The van der Waals surface area contributed by atoms with Crippen molar-refractivity contribution in [2.24, 2.45) is 13.0 Å². The lowest BCUT2D eigenvalue weighted by Crippen LogP contribution is -2.42. The number of hydrogen-bond donors (Lipinski definition) is 1. The third kappa shape index (κ3) is 4.11. The summed E-state index contributed by atoms with van der Waals surface area (Å²) in [6.45, 7) is 0.841. The third-order valence-corrected chi connectivity index (χ3v) is 4.18. The van der Waals surface area contributed by atoms with Crippen LogP contribution in [-0.4, -0.2) is 61.8 Å². The van der Waals surface area contributed by atoms with Gasteiger partial charge in [-0.25, -0.2) is 0 Å². The number of rotatable bonds is 5. The van der Waals surface area contributed by atoms with Crippen LogP contribution in [0.15, 0.2) is 24.3 Å². The lowest BCUT2D eigenvalue weighted by atomic mass is 9.97. The number of carboxylic acids is 1. The van der Waals surface area contributed by atoms with Gasteiger partial charge >= 0.3 is 5.97 Å². The summed E-state index contributed by atoms with van der Waals surface area (Å²) < 4.78 is 5.52. The summed E-state index contributed by atoms with van der Waals surface area (Å²) in [6.07, 6.45) is 0.974. The fraction of sp³-hybridized carbons (Fsp3) is 0.438. The third-order valence-electron chi connectivity index (χ3n) is 4.18. The smallest absolute Gasteiger partial charge is 0.306 e. The van der Waals surface area contributed by atoms with Gasteiger partial charge in [-0.2, -0.15) is 4.80 Å². The standard InChI is InChI=1S/C16H19N5O4/c1-20-18-15(17-19-20)11-2-4-13(5-3-11)25-10-14(22)21-8-6-12(7-9-21)16(23)24/h2-5,12H,6-10H2,1H3,(H,23,24). The van der Waals surface area contributed by atoms with Crippen molar-refractivity contribution in [1.29, 1.82) is 0 Å². The van der Waals surface area contributed by atoms with Gasteiger partial charge in [0.1, 0.15) is 5.75 Å². The van der Waals surface area contributed by atoms with Crippen molar-refractivity contribution < 1.29 is 19.4 Å². The maximum atomic E-state index is 12.2. The van der Waals surface area contributed by atoms with Gasteiger partial charge in [0, 0.05) is 18.7 Å². The Balaban J connectivity index is 1.50. The fourth-order valence-corrected chi connectivity index (χ4v) is 2.71. The number of carboxylic acid groups (broad SMARTS) is 1. The maximum absolute atomic E-state index is 12.2. The van der Waals surface area contributed by atoms with Gasteiger partial charge in [-0.3, -0.25) is 9.59 Å². The number of carbonyl (C=O) groups excluding carboxylic acids is 1. The quantitative estimate of drug-likeness (QED) is 0.844. The molecule has 3 rings (SSSR count). The Hall–Kier alpha value is -2.97. The van der Waals surface area contributed by atoms with Crippen LogP contribution in [0.25, 0.3) is 11.4 Å². The molecule has 1 aromatic carbocycles. The number of piperidine rings is 1. The molecule has 1 aromatic heterocycles. The molecule has 0 spiro atoms. The molecule has 1 amide bonds. The number of carbonyl (C=O) groups is 2. The van der Waals surface area contributed by atoms with Gasteiger partial charge in [-0.1, -0.05) is 0 Å². The maximum Gasteiger partial charge on any atom is 0.306 e. The van der Waals surface area contributed by atoms with Gasteiger partial charge < -0.3 is 14.7 Å². The lowest BCUT2D eigenvalue weighted by molar-refractivity contribution is -0.146. The SMILES string of the molecule is Cn1nnc(-c2ccc(OCC(=O)N3CCC(C(=O)O)CC3)cc2)n1. The second-order valence-corrected chi connectivity index (χ2v) is 5.91. The predicted molar refractivity (Wildman–Crippen MR) is 86.7 cm³/mol. The number of tetrazole rings is 1. The number of hydrogen-bond acceptors (Lipinski definition) is 6. The van der Waals surface area contributed by atoms with E-state index < -0.39 is 5.97 Å². The molecule has 2 aromatic rings. The van der Waals surface area contributed by atoms with E-state index in [1.807, 2.05) is 0 Å². The van der Waals surface area contributed by atoms with E-state index in [0.29, 0.717) is 37.5 Å². The summed E-state index contributed by atoms with van der Waals surface area (Å²) in [6, 6.07) is 7.09. The second kappa shape index (κ2) is 7.29. The van der Waals surface area contributed by atoms with Crippen molar-refractivity contribution in [3.63, 3.8) is 0 Å². The molecule has 0 atom stereocenters. The molecular formula is C16H19N5O4. The highest BCUT2D eigenvalue weighted by atomic mass is 16.5. The Labute approximate surface area is 144 Å². The van der Waals surface area contributed by atoms with Crippen molar-refractivity contribution in [2.75, 3.05) is 19.7 Å². The van der Waals surface area contributed by atoms with Crippen molar-refractivity contribution in [2.45, 2.75) is 12.8 Å². The number of amides is 1. The summed E-state index contributed by atoms with van der Waals surface area (Å²) in [5.74, 6) is -0.190. The normalized spacial score (nSPS) is 15.2. The fourth-order valence-electron chi connectivity index (χ4n) is 2.71. The average molecular weight is 345 g/mol. The first kappa shape index (κ1) is 16.9. The number of benzene rings is 1. The van der Waals surface area contributed by atoms with E-state index in [9.17, 15) is 9.59 Å². The Morgan fingerprint density at radius 1 is 1.24 bits per heavy atom. The van der Waals surface area contributed by atoms with E-state index in [4.69, 9.17) is 9.84 Å². The number of likely N-dealkylation sites (tertiary alicyclic amines) is 1. The van der Waals surface area contributed by atoms with E-state index in [-0.39, 0.29) is 18.4 Å². The molecule has 25 heavy (non-hydrogen) atoms. The molecular weight excluding hydrogens is 326 g/mol. The molecule has 9 nitrogen and oxygen atoms in total. The Morgan fingerprint density at radius 3 is 2.48 bits per heavy atom. The highest BCUT2D eigenvalue weighted by Crippen LogP contribution is 2.20. The summed E-state index contributed by atoms with van der Waals surface area (Å²) in [5.41, 5.74) is 0.808. The molecule has 1 aliphatic rings. The van der Waals surface area contributed by atoms with Gasteiger partial charge in [-0.05, 0) is 42.3 Å². The van der Waals surface area contributed by atoms with Gasteiger partial charge in [0.25, 0.3) is 5.91 Å². The summed E-state index contributed by atoms with van der Waals surface area (Å²) in [7, 11) is 1.69. The first-order chi connectivity index (χ1) is 12.0. The minimum Gasteiger partial charge on any atom is -0.484 e. The van der Waals surface area contributed by atoms with E-state index in [2.05, 4.69) is 15.4 Å². The van der Waals surface area contributed by atoms with E-state index >= 15 is 0 Å². The molecule has 0 aliphatic carbocycles. The molecule has 132 valence electrons. The van der Waals surface area contributed by atoms with Crippen LogP contribution < -0.4 is 4.74 Å². The van der Waals surface area contributed by atoms with Crippen molar-refractivity contribution in [3.05, 3.63) is 24.3 Å². The monoisotopic (exact) mass is 345 g/mol. The Morgan fingerprint density at radius 2 is 1.92 bits per heavy atom. The van der Waals surface area contributed by atoms with Crippen molar-refractivity contribution >= 4 is 11.9 Å². The molecule has 1 fully saturated rings. The van der Waals surface area contributed by atoms with Crippen molar-refractivity contribution in [1.82, 2.24) is 25.1 Å². The molecule has 0 unspecified atom stereocenters. The van der Waals surface area contributed by atoms with Crippen LogP contribution in [0.2, 0.25) is 0 Å². The molecule has 2 heterocycles. The van der Waals surface area contributed by atoms with Crippen LogP contribution in [0.1, 0.15) is 12.8 Å². The molecule has 9 heteroatoms. The van der Waals surface area contributed by atoms with Crippen LogP contribution in [0.3, 0.4) is 0 Å². The first-order valence-electron chi connectivity index (χ1n) is 8.01. The minimum absolute atomic E-state index is 0.0690. The second-order valence-electron chi connectivity index (χ2n) is 5.91. The van der Waals surface area contributed by atoms with Crippen molar-refractivity contribution in [3.8, 4) is 17.1 Å². The van der Waals surface area contributed by atoms with Crippen LogP contribution in [-0.2, 0) is 16.6 Å². The van der Waals surface area contributed by atoms with Crippen LogP contribution in [0.4, 0.5) is 0 Å². The Bertz CT molecular complexity index is 750. The van der Waals surface area contributed by atoms with Gasteiger partial charge in [0.15, 0.2) is 6.61 Å². The van der Waals surface area contributed by atoms with Crippen LogP contribution in [0.5, 0.6) is 5.75 Å². The summed E-state index contributed by atoms with van der Waals surface area (Å²) >= 11 is 0. The molecule has 1 N–H and O–H groups in total. The van der Waals surface area contributed by atoms with E-state index in [1.165, 1.54) is 4.80 Å². The highest BCUT2D eigenvalue weighted by Gasteiger charge is 2.27. The molecule has 1 saturated heterocycles. The number of nitrogens with zero attached hydrogens (tertiary/aromatic N) is 5. The van der Waals surface area contributed by atoms with E-state index in [0.717, 1.165) is 5.56 Å². The zero-order valence-electron chi connectivity index (χ0n) is 13.8. The topological polar surface area (TPSA) is 110 Å². The number of aliphatic carboxylic acids is 1. The Kier molecular flexibility index (Phi) is 4.92. The van der Waals surface area contributed by atoms with Crippen LogP contribution >= 0.6 is 0 Å². The zero-order chi connectivity index (χ0) is 17.8. The highest BCUT2D eigenvalue weighted by molar-refractivity contribution is 5.78. The molecule has 1 aliphatic heterocycles. The number of aromatic nitrogens is 4. The van der Waals surface area contributed by atoms with Gasteiger partial charge in [0.05, 0.1) is 13.0 Å².